The quantitative estimate of drug-likeness (QED) is 0.431. The van der Waals surface area contributed by atoms with Gasteiger partial charge in [0.1, 0.15) is 0 Å². The van der Waals surface area contributed by atoms with Crippen molar-refractivity contribution in [2.75, 3.05) is 0 Å². The van der Waals surface area contributed by atoms with Gasteiger partial charge in [-0.2, -0.15) is 39.5 Å². The zero-order valence-corrected chi connectivity index (χ0v) is 19.3. The number of alkyl halides is 9. The highest BCUT2D eigenvalue weighted by atomic mass is 19.4. The lowest BCUT2D eigenvalue weighted by molar-refractivity contribution is -0.376. The Hall–Kier alpha value is -3.75. The van der Waals surface area contributed by atoms with E-state index in [9.17, 15) is 49.4 Å². The molecule has 2 aromatic heterocycles. The number of carbonyl (C=O) groups excluding carboxylic acids is 1. The first-order valence-corrected chi connectivity index (χ1v) is 10.5. The average molecular weight is 553 g/mol. The van der Waals surface area contributed by atoms with E-state index in [1.165, 1.54) is 25.3 Å². The lowest BCUT2D eigenvalue weighted by atomic mass is 9.88. The van der Waals surface area contributed by atoms with Gasteiger partial charge < -0.3 is 10.4 Å². The maximum Gasteiger partial charge on any atom is 0.451 e. The SMILES string of the molecule is Cc1ccc(-c2cc(C(=O)N[C@H](C)c3cnc(C(F)(F)F)nc3)cc(C(O)(C(F)(F)F)C(F)(F)F)c2)[nH+]c1. The van der Waals surface area contributed by atoms with Gasteiger partial charge in [0.05, 0.1) is 6.04 Å². The molecule has 0 saturated heterocycles. The summed E-state index contributed by atoms with van der Waals surface area (Å²) in [6, 6.07) is 3.43. The number of rotatable bonds is 5. The third kappa shape index (κ3) is 5.71. The summed E-state index contributed by atoms with van der Waals surface area (Å²) in [7, 11) is 0. The van der Waals surface area contributed by atoms with Crippen molar-refractivity contribution in [1.29, 1.82) is 0 Å². The van der Waals surface area contributed by atoms with Crippen LogP contribution in [0.15, 0.2) is 48.9 Å². The van der Waals surface area contributed by atoms with Crippen molar-refractivity contribution in [3.63, 3.8) is 0 Å². The summed E-state index contributed by atoms with van der Waals surface area (Å²) in [5.41, 5.74) is -7.29. The second-order valence-corrected chi connectivity index (χ2v) is 8.32. The standard InChI is InChI=1S/C23H17F9N4O2/c1-11-3-4-17(33-8-11)13-5-14(7-16(6-13)20(38,22(27,28)29)23(30,31)32)18(37)36-12(2)15-9-34-19(35-10-15)21(24,25)26/h3-10,12,38H,1-2H3,(H,36,37)/p+1/t12-/m1/s1. The fraction of sp³-hybridized carbons (Fsp3) is 0.304. The van der Waals surface area contributed by atoms with Gasteiger partial charge in [0.25, 0.3) is 11.5 Å². The van der Waals surface area contributed by atoms with Crippen LogP contribution in [0.25, 0.3) is 11.3 Å². The number of H-pyrrole nitrogens is 1. The maximum absolute atomic E-state index is 13.6. The zero-order valence-electron chi connectivity index (χ0n) is 19.3. The zero-order chi connectivity index (χ0) is 28.7. The molecule has 1 amide bonds. The van der Waals surface area contributed by atoms with E-state index in [0.29, 0.717) is 11.6 Å². The van der Waals surface area contributed by atoms with Crippen molar-refractivity contribution >= 4 is 5.91 Å². The van der Waals surface area contributed by atoms with Crippen molar-refractivity contribution in [3.8, 4) is 11.3 Å². The van der Waals surface area contributed by atoms with E-state index in [0.717, 1.165) is 18.5 Å². The van der Waals surface area contributed by atoms with Gasteiger partial charge in [-0.15, -0.1) is 0 Å². The van der Waals surface area contributed by atoms with Gasteiger partial charge in [0, 0.05) is 46.3 Å². The maximum atomic E-state index is 13.6. The molecule has 0 unspecified atom stereocenters. The molecule has 204 valence electrons. The molecule has 0 aliphatic heterocycles. The molecule has 38 heavy (non-hydrogen) atoms. The van der Waals surface area contributed by atoms with Crippen LogP contribution in [0.5, 0.6) is 0 Å². The fourth-order valence-electron chi connectivity index (χ4n) is 3.36. The number of halogens is 9. The molecule has 1 atom stereocenters. The summed E-state index contributed by atoms with van der Waals surface area (Å²) in [6.07, 6.45) is -14.3. The summed E-state index contributed by atoms with van der Waals surface area (Å²) in [5, 5.41) is 12.2. The molecule has 2 heterocycles. The van der Waals surface area contributed by atoms with E-state index in [1.54, 1.807) is 6.92 Å². The molecule has 1 aromatic carbocycles. The highest BCUT2D eigenvalue weighted by Gasteiger charge is 2.71. The Morgan fingerprint density at radius 3 is 2.00 bits per heavy atom. The predicted molar refractivity (Wildman–Crippen MR) is 112 cm³/mol. The van der Waals surface area contributed by atoms with Crippen molar-refractivity contribution in [2.45, 2.75) is 44.0 Å². The second kappa shape index (κ2) is 9.85. The number of nitrogens with zero attached hydrogens (tertiary/aromatic N) is 2. The minimum Gasteiger partial charge on any atom is -0.369 e. The van der Waals surface area contributed by atoms with Crippen molar-refractivity contribution in [2.24, 2.45) is 0 Å². The van der Waals surface area contributed by atoms with Crippen LogP contribution in [0.4, 0.5) is 39.5 Å². The Labute approximate surface area is 208 Å². The Morgan fingerprint density at radius 1 is 0.947 bits per heavy atom. The minimum absolute atomic E-state index is 0.0300. The molecule has 0 spiro atoms. The van der Waals surface area contributed by atoms with Crippen LogP contribution in [0.1, 0.15) is 45.8 Å². The molecule has 3 aromatic rings. The van der Waals surface area contributed by atoms with Gasteiger partial charge in [0.2, 0.25) is 11.5 Å². The topological polar surface area (TPSA) is 89.2 Å². The largest absolute Gasteiger partial charge is 0.451 e. The third-order valence-electron chi connectivity index (χ3n) is 5.49. The molecule has 0 radical (unpaired) electrons. The third-order valence-corrected chi connectivity index (χ3v) is 5.49. The van der Waals surface area contributed by atoms with E-state index in [-0.39, 0.29) is 22.9 Å². The van der Waals surface area contributed by atoms with E-state index in [1.807, 2.05) is 0 Å². The normalized spacial score (nSPS) is 13.8. The number of aromatic nitrogens is 3. The van der Waals surface area contributed by atoms with E-state index < -0.39 is 53.0 Å². The van der Waals surface area contributed by atoms with Gasteiger partial charge in [-0.3, -0.25) is 4.79 Å². The fourth-order valence-corrected chi connectivity index (χ4v) is 3.36. The number of aliphatic hydroxyl groups is 1. The first kappa shape index (κ1) is 28.8. The molecule has 0 saturated carbocycles. The monoisotopic (exact) mass is 553 g/mol. The number of nitrogens with one attached hydrogen (secondary N) is 2. The number of amides is 1. The second-order valence-electron chi connectivity index (χ2n) is 8.32. The number of aromatic amines is 1. The number of carbonyl (C=O) groups is 1. The summed E-state index contributed by atoms with van der Waals surface area (Å²) >= 11 is 0. The van der Waals surface area contributed by atoms with Crippen LogP contribution in [0, 0.1) is 6.92 Å². The summed E-state index contributed by atoms with van der Waals surface area (Å²) in [6.45, 7) is 2.94. The lowest BCUT2D eigenvalue weighted by Gasteiger charge is -2.33. The van der Waals surface area contributed by atoms with Gasteiger partial charge in [0.15, 0.2) is 6.20 Å². The Balaban J connectivity index is 2.08. The molecule has 15 heteroatoms. The Kier molecular flexibility index (Phi) is 7.47. The number of benzene rings is 1. The molecule has 0 bridgehead atoms. The number of pyridine rings is 1. The number of hydrogen-bond acceptors (Lipinski definition) is 4. The Bertz CT molecular complexity index is 1290. The van der Waals surface area contributed by atoms with Gasteiger partial charge in [-0.1, -0.05) is 0 Å². The molecule has 6 nitrogen and oxygen atoms in total. The van der Waals surface area contributed by atoms with Crippen molar-refractivity contribution in [3.05, 3.63) is 77.0 Å². The number of hydrogen-bond donors (Lipinski definition) is 2. The Morgan fingerprint density at radius 2 is 1.53 bits per heavy atom. The molecule has 0 aliphatic carbocycles. The highest BCUT2D eigenvalue weighted by molar-refractivity contribution is 5.96. The molecule has 3 rings (SSSR count). The molecule has 0 fully saturated rings. The van der Waals surface area contributed by atoms with Crippen LogP contribution in [0.3, 0.4) is 0 Å². The molecule has 3 N–H and O–H groups in total. The average Bonchev–Trinajstić information content (AvgIpc) is 2.81. The van der Waals surface area contributed by atoms with E-state index in [2.05, 4.69) is 20.3 Å². The summed E-state index contributed by atoms with van der Waals surface area (Å²) < 4.78 is 120. The molecular weight excluding hydrogens is 535 g/mol. The first-order chi connectivity index (χ1) is 17.3. The molecular formula is C23H18F9N4O2+. The molecule has 0 aliphatic rings. The summed E-state index contributed by atoms with van der Waals surface area (Å²) in [4.78, 5) is 21.8. The highest BCUT2D eigenvalue weighted by Crippen LogP contribution is 2.50. The van der Waals surface area contributed by atoms with Crippen LogP contribution in [-0.2, 0) is 11.8 Å². The van der Waals surface area contributed by atoms with Crippen LogP contribution in [0.2, 0.25) is 0 Å². The van der Waals surface area contributed by atoms with Crippen LogP contribution < -0.4 is 10.3 Å². The van der Waals surface area contributed by atoms with E-state index >= 15 is 0 Å². The van der Waals surface area contributed by atoms with Gasteiger partial charge >= 0.3 is 18.5 Å². The lowest BCUT2D eigenvalue weighted by Crippen LogP contribution is -2.54. The van der Waals surface area contributed by atoms with Crippen LogP contribution in [-0.4, -0.2) is 33.3 Å². The van der Waals surface area contributed by atoms with Crippen LogP contribution >= 0.6 is 0 Å². The minimum atomic E-state index is -6.21. The first-order valence-electron chi connectivity index (χ1n) is 10.5. The van der Waals surface area contributed by atoms with Gasteiger partial charge in [-0.25, -0.2) is 15.0 Å². The smallest absolute Gasteiger partial charge is 0.369 e. The van der Waals surface area contributed by atoms with E-state index in [4.69, 9.17) is 0 Å². The van der Waals surface area contributed by atoms with Gasteiger partial charge in [-0.05, 0) is 38.1 Å². The summed E-state index contributed by atoms with van der Waals surface area (Å²) in [5.74, 6) is -2.63. The van der Waals surface area contributed by atoms with Crippen molar-refractivity contribution in [1.82, 2.24) is 15.3 Å². The predicted octanol–water partition coefficient (Wildman–Crippen LogP) is 5.09. The number of aryl methyl sites for hydroxylation is 1. The van der Waals surface area contributed by atoms with Crippen molar-refractivity contribution < 1.29 is 54.4 Å².